The first-order chi connectivity index (χ1) is 11.6. The van der Waals surface area contributed by atoms with E-state index in [0.29, 0.717) is 21.8 Å². The Balaban J connectivity index is 1.76. The molecule has 1 amide bonds. The number of aryl methyl sites for hydroxylation is 1. The van der Waals surface area contributed by atoms with Crippen LogP contribution in [0.1, 0.15) is 15.9 Å². The van der Waals surface area contributed by atoms with Gasteiger partial charge in [-0.1, -0.05) is 24.3 Å². The highest BCUT2D eigenvalue weighted by molar-refractivity contribution is 9.10. The summed E-state index contributed by atoms with van der Waals surface area (Å²) in [6.45, 7) is 1.98. The quantitative estimate of drug-likeness (QED) is 0.631. The number of aromatic nitrogens is 1. The van der Waals surface area contributed by atoms with Crippen LogP contribution in [-0.4, -0.2) is 10.9 Å². The number of carbonyl (C=O) groups is 1. The summed E-state index contributed by atoms with van der Waals surface area (Å²) in [5.74, 6) is 0.825. The monoisotopic (exact) mass is 382 g/mol. The maximum Gasteiger partial charge on any atom is 0.255 e. The minimum atomic E-state index is -0.187. The van der Waals surface area contributed by atoms with Crippen molar-refractivity contribution in [1.29, 1.82) is 0 Å². The minimum Gasteiger partial charge on any atom is -0.439 e. The predicted octanol–water partition coefficient (Wildman–Crippen LogP) is 5.20. The lowest BCUT2D eigenvalue weighted by Crippen LogP contribution is -2.11. The highest BCUT2D eigenvalue weighted by Crippen LogP contribution is 2.22. The second-order valence-electron chi connectivity index (χ2n) is 5.25. The van der Waals surface area contributed by atoms with Gasteiger partial charge < -0.3 is 10.1 Å². The van der Waals surface area contributed by atoms with Gasteiger partial charge in [0.2, 0.25) is 5.88 Å². The molecule has 1 N–H and O–H groups in total. The van der Waals surface area contributed by atoms with E-state index in [9.17, 15) is 4.79 Å². The summed E-state index contributed by atoms with van der Waals surface area (Å²) in [4.78, 5) is 16.6. The Morgan fingerprint density at radius 3 is 2.62 bits per heavy atom. The van der Waals surface area contributed by atoms with E-state index in [1.54, 1.807) is 30.3 Å². The zero-order valence-corrected chi connectivity index (χ0v) is 14.6. The molecular weight excluding hydrogens is 368 g/mol. The first kappa shape index (κ1) is 16.2. The lowest BCUT2D eigenvalue weighted by atomic mass is 10.2. The molecule has 0 atom stereocenters. The van der Waals surface area contributed by atoms with Crippen LogP contribution < -0.4 is 10.1 Å². The number of amides is 1. The van der Waals surface area contributed by atoms with Crippen molar-refractivity contribution in [2.75, 3.05) is 5.32 Å². The van der Waals surface area contributed by atoms with Crippen LogP contribution >= 0.6 is 15.9 Å². The Morgan fingerprint density at radius 2 is 1.83 bits per heavy atom. The number of rotatable bonds is 4. The summed E-state index contributed by atoms with van der Waals surface area (Å²) in [6, 6.07) is 20.1. The van der Waals surface area contributed by atoms with E-state index in [1.807, 2.05) is 43.3 Å². The molecule has 0 aliphatic heterocycles. The van der Waals surface area contributed by atoms with Gasteiger partial charge in [0.1, 0.15) is 10.4 Å². The molecule has 0 bridgehead atoms. The van der Waals surface area contributed by atoms with E-state index in [0.717, 1.165) is 11.3 Å². The van der Waals surface area contributed by atoms with Gasteiger partial charge in [0, 0.05) is 17.3 Å². The Bertz CT molecular complexity index is 881. The fourth-order valence-electron chi connectivity index (χ4n) is 2.19. The highest BCUT2D eigenvalue weighted by Gasteiger charge is 2.08. The topological polar surface area (TPSA) is 51.2 Å². The summed E-state index contributed by atoms with van der Waals surface area (Å²) in [5, 5.41) is 2.88. The molecule has 0 fully saturated rings. The van der Waals surface area contributed by atoms with E-state index in [2.05, 4.69) is 26.2 Å². The molecule has 5 heteroatoms. The summed E-state index contributed by atoms with van der Waals surface area (Å²) >= 11 is 3.30. The van der Waals surface area contributed by atoms with Gasteiger partial charge in [0.05, 0.1) is 0 Å². The Morgan fingerprint density at radius 1 is 1.04 bits per heavy atom. The molecule has 4 nitrogen and oxygen atoms in total. The second kappa shape index (κ2) is 7.27. The SMILES string of the molecule is Cc1cccc(NC(=O)c2cccc(Oc3cccc(Br)n3)c2)c1. The smallest absolute Gasteiger partial charge is 0.255 e. The number of carbonyl (C=O) groups excluding carboxylic acids is 1. The Labute approximate surface area is 148 Å². The van der Waals surface area contributed by atoms with Crippen LogP contribution in [0.5, 0.6) is 11.6 Å². The van der Waals surface area contributed by atoms with Gasteiger partial charge in [-0.25, -0.2) is 4.98 Å². The molecule has 3 rings (SSSR count). The number of ether oxygens (including phenoxy) is 1. The average Bonchev–Trinajstić information content (AvgIpc) is 2.55. The van der Waals surface area contributed by atoms with Crippen LogP contribution in [0.3, 0.4) is 0 Å². The third-order valence-corrected chi connectivity index (χ3v) is 3.73. The molecule has 120 valence electrons. The largest absolute Gasteiger partial charge is 0.439 e. The molecule has 0 aliphatic carbocycles. The van der Waals surface area contributed by atoms with Crippen molar-refractivity contribution in [3.05, 3.63) is 82.5 Å². The summed E-state index contributed by atoms with van der Waals surface area (Å²) < 4.78 is 6.39. The number of pyridine rings is 1. The maximum atomic E-state index is 12.4. The van der Waals surface area contributed by atoms with Crippen molar-refractivity contribution in [2.45, 2.75) is 6.92 Å². The third-order valence-electron chi connectivity index (χ3n) is 3.28. The van der Waals surface area contributed by atoms with Crippen LogP contribution in [0.2, 0.25) is 0 Å². The van der Waals surface area contributed by atoms with E-state index in [-0.39, 0.29) is 5.91 Å². The lowest BCUT2D eigenvalue weighted by molar-refractivity contribution is 0.102. The number of nitrogens with one attached hydrogen (secondary N) is 1. The van der Waals surface area contributed by atoms with Crippen molar-refractivity contribution >= 4 is 27.5 Å². The standard InChI is InChI=1S/C19H15BrN2O2/c1-13-5-2-7-15(11-13)21-19(23)14-6-3-8-16(12-14)24-18-10-4-9-17(20)22-18/h2-12H,1H3,(H,21,23). The zero-order chi connectivity index (χ0) is 16.9. The number of halogens is 1. The molecule has 0 radical (unpaired) electrons. The zero-order valence-electron chi connectivity index (χ0n) is 13.0. The van der Waals surface area contributed by atoms with Crippen LogP contribution in [-0.2, 0) is 0 Å². The molecule has 1 aromatic heterocycles. The van der Waals surface area contributed by atoms with Crippen molar-refractivity contribution in [1.82, 2.24) is 4.98 Å². The van der Waals surface area contributed by atoms with Crippen molar-refractivity contribution in [3.63, 3.8) is 0 Å². The first-order valence-electron chi connectivity index (χ1n) is 7.39. The lowest BCUT2D eigenvalue weighted by Gasteiger charge is -2.08. The van der Waals surface area contributed by atoms with Gasteiger partial charge in [-0.3, -0.25) is 4.79 Å². The fraction of sp³-hybridized carbons (Fsp3) is 0.0526. The first-order valence-corrected chi connectivity index (χ1v) is 8.18. The number of hydrogen-bond acceptors (Lipinski definition) is 3. The van der Waals surface area contributed by atoms with E-state index < -0.39 is 0 Å². The number of anilines is 1. The van der Waals surface area contributed by atoms with Gasteiger partial charge in [0.25, 0.3) is 5.91 Å². The molecule has 0 saturated carbocycles. The molecule has 2 aromatic carbocycles. The molecule has 0 unspecified atom stereocenters. The molecular formula is C19H15BrN2O2. The van der Waals surface area contributed by atoms with Crippen LogP contribution in [0, 0.1) is 6.92 Å². The van der Waals surface area contributed by atoms with Crippen LogP contribution in [0.4, 0.5) is 5.69 Å². The Kier molecular flexibility index (Phi) is 4.91. The number of nitrogens with zero attached hydrogens (tertiary/aromatic N) is 1. The summed E-state index contributed by atoms with van der Waals surface area (Å²) in [6.07, 6.45) is 0. The van der Waals surface area contributed by atoms with Gasteiger partial charge in [0.15, 0.2) is 0 Å². The molecule has 3 aromatic rings. The van der Waals surface area contributed by atoms with Crippen LogP contribution in [0.25, 0.3) is 0 Å². The Hall–Kier alpha value is -2.66. The summed E-state index contributed by atoms with van der Waals surface area (Å²) in [7, 11) is 0. The minimum absolute atomic E-state index is 0.187. The van der Waals surface area contributed by atoms with Gasteiger partial charge in [-0.05, 0) is 64.8 Å². The van der Waals surface area contributed by atoms with Gasteiger partial charge in [-0.2, -0.15) is 0 Å². The average molecular weight is 383 g/mol. The predicted molar refractivity (Wildman–Crippen MR) is 97.6 cm³/mol. The van der Waals surface area contributed by atoms with E-state index in [4.69, 9.17) is 4.74 Å². The van der Waals surface area contributed by atoms with E-state index in [1.165, 1.54) is 0 Å². The van der Waals surface area contributed by atoms with Gasteiger partial charge >= 0.3 is 0 Å². The molecule has 0 saturated heterocycles. The van der Waals surface area contributed by atoms with Crippen molar-refractivity contribution in [3.8, 4) is 11.6 Å². The number of hydrogen-bond donors (Lipinski definition) is 1. The normalized spacial score (nSPS) is 10.2. The molecule has 0 spiro atoms. The summed E-state index contributed by atoms with van der Waals surface area (Å²) in [5.41, 5.74) is 2.37. The molecule has 24 heavy (non-hydrogen) atoms. The van der Waals surface area contributed by atoms with Crippen LogP contribution in [0.15, 0.2) is 71.3 Å². The number of benzene rings is 2. The van der Waals surface area contributed by atoms with Gasteiger partial charge in [-0.15, -0.1) is 0 Å². The second-order valence-corrected chi connectivity index (χ2v) is 6.06. The fourth-order valence-corrected chi connectivity index (χ4v) is 2.52. The molecule has 0 aliphatic rings. The highest BCUT2D eigenvalue weighted by atomic mass is 79.9. The maximum absolute atomic E-state index is 12.4. The third kappa shape index (κ3) is 4.20. The van der Waals surface area contributed by atoms with E-state index >= 15 is 0 Å². The molecule has 1 heterocycles. The van der Waals surface area contributed by atoms with Crippen molar-refractivity contribution in [2.24, 2.45) is 0 Å². The van der Waals surface area contributed by atoms with Crippen molar-refractivity contribution < 1.29 is 9.53 Å².